The highest BCUT2D eigenvalue weighted by Gasteiger charge is 2.09. The molecule has 3 heteroatoms. The summed E-state index contributed by atoms with van der Waals surface area (Å²) in [6.07, 6.45) is 2.23. The van der Waals surface area contributed by atoms with Gasteiger partial charge in [0.25, 0.3) is 0 Å². The monoisotopic (exact) mass is 186 g/mol. The summed E-state index contributed by atoms with van der Waals surface area (Å²) in [7, 11) is 0. The van der Waals surface area contributed by atoms with Gasteiger partial charge in [0.05, 0.1) is 0 Å². The summed E-state index contributed by atoms with van der Waals surface area (Å²) >= 11 is 0. The highest BCUT2D eigenvalue weighted by atomic mass is 16.1. The zero-order valence-corrected chi connectivity index (χ0v) is 8.97. The van der Waals surface area contributed by atoms with Crippen LogP contribution >= 0.6 is 0 Å². The van der Waals surface area contributed by atoms with Gasteiger partial charge >= 0.3 is 0 Å². The normalized spacial score (nSPS) is 15.1. The van der Waals surface area contributed by atoms with Crippen molar-refractivity contribution in [2.75, 3.05) is 13.1 Å². The Balaban J connectivity index is 3.59. The SMILES string of the molecule is CCC(CN)CC(C)CNC(C)=O. The zero-order valence-electron chi connectivity index (χ0n) is 8.97. The Morgan fingerprint density at radius 1 is 1.54 bits per heavy atom. The van der Waals surface area contributed by atoms with E-state index in [-0.39, 0.29) is 5.91 Å². The van der Waals surface area contributed by atoms with E-state index in [0.717, 1.165) is 25.9 Å². The van der Waals surface area contributed by atoms with Crippen LogP contribution in [0.1, 0.15) is 33.6 Å². The van der Waals surface area contributed by atoms with Crippen molar-refractivity contribution in [2.24, 2.45) is 17.6 Å². The molecule has 0 spiro atoms. The molecule has 0 aliphatic heterocycles. The minimum atomic E-state index is 0.0487. The first-order valence-corrected chi connectivity index (χ1v) is 5.04. The molecule has 2 atom stereocenters. The van der Waals surface area contributed by atoms with Gasteiger partial charge in [0.1, 0.15) is 0 Å². The van der Waals surface area contributed by atoms with Crippen molar-refractivity contribution in [2.45, 2.75) is 33.6 Å². The van der Waals surface area contributed by atoms with E-state index >= 15 is 0 Å². The fourth-order valence-corrected chi connectivity index (χ4v) is 1.40. The second kappa shape index (κ2) is 6.89. The molecule has 0 radical (unpaired) electrons. The molecule has 2 unspecified atom stereocenters. The highest BCUT2D eigenvalue weighted by molar-refractivity contribution is 5.72. The molecule has 3 nitrogen and oxygen atoms in total. The van der Waals surface area contributed by atoms with Crippen molar-refractivity contribution >= 4 is 5.91 Å². The van der Waals surface area contributed by atoms with Crippen LogP contribution in [0.25, 0.3) is 0 Å². The Hall–Kier alpha value is -0.570. The van der Waals surface area contributed by atoms with Crippen molar-refractivity contribution in [1.82, 2.24) is 5.32 Å². The number of hydrogen-bond acceptors (Lipinski definition) is 2. The molecule has 0 aliphatic rings. The van der Waals surface area contributed by atoms with E-state index in [1.54, 1.807) is 6.92 Å². The molecule has 0 bridgehead atoms. The molecule has 0 aromatic heterocycles. The number of carbonyl (C=O) groups is 1. The molecule has 78 valence electrons. The topological polar surface area (TPSA) is 55.1 Å². The molecule has 0 heterocycles. The summed E-state index contributed by atoms with van der Waals surface area (Å²) in [4.78, 5) is 10.6. The summed E-state index contributed by atoms with van der Waals surface area (Å²) < 4.78 is 0. The van der Waals surface area contributed by atoms with Crippen LogP contribution in [0.3, 0.4) is 0 Å². The molecule has 13 heavy (non-hydrogen) atoms. The van der Waals surface area contributed by atoms with E-state index in [0.29, 0.717) is 11.8 Å². The Kier molecular flexibility index (Phi) is 6.59. The lowest BCUT2D eigenvalue weighted by atomic mass is 9.94. The number of amides is 1. The first kappa shape index (κ1) is 12.4. The van der Waals surface area contributed by atoms with Crippen molar-refractivity contribution in [3.8, 4) is 0 Å². The molecule has 0 rings (SSSR count). The number of hydrogen-bond donors (Lipinski definition) is 2. The fraction of sp³-hybridized carbons (Fsp3) is 0.900. The van der Waals surface area contributed by atoms with Crippen LogP contribution in [0.2, 0.25) is 0 Å². The van der Waals surface area contributed by atoms with E-state index in [2.05, 4.69) is 19.2 Å². The number of carbonyl (C=O) groups excluding carboxylic acids is 1. The van der Waals surface area contributed by atoms with E-state index in [1.807, 2.05) is 0 Å². The quantitative estimate of drug-likeness (QED) is 0.653. The highest BCUT2D eigenvalue weighted by Crippen LogP contribution is 2.13. The smallest absolute Gasteiger partial charge is 0.216 e. The van der Waals surface area contributed by atoms with Gasteiger partial charge in [0.15, 0.2) is 0 Å². The van der Waals surface area contributed by atoms with Crippen LogP contribution in [-0.2, 0) is 4.79 Å². The largest absolute Gasteiger partial charge is 0.356 e. The van der Waals surface area contributed by atoms with Gasteiger partial charge in [-0.05, 0) is 24.8 Å². The lowest BCUT2D eigenvalue weighted by Crippen LogP contribution is -2.28. The maximum absolute atomic E-state index is 10.6. The molecule has 0 aromatic carbocycles. The lowest BCUT2D eigenvalue weighted by Gasteiger charge is -2.17. The van der Waals surface area contributed by atoms with Crippen LogP contribution in [-0.4, -0.2) is 19.0 Å². The van der Waals surface area contributed by atoms with Gasteiger partial charge in [-0.25, -0.2) is 0 Å². The van der Waals surface area contributed by atoms with Crippen LogP contribution in [0.15, 0.2) is 0 Å². The van der Waals surface area contributed by atoms with Gasteiger partial charge in [-0.2, -0.15) is 0 Å². The second-order valence-electron chi connectivity index (χ2n) is 3.79. The van der Waals surface area contributed by atoms with Crippen LogP contribution in [0.5, 0.6) is 0 Å². The van der Waals surface area contributed by atoms with Crippen molar-refractivity contribution < 1.29 is 4.79 Å². The van der Waals surface area contributed by atoms with Crippen LogP contribution in [0, 0.1) is 11.8 Å². The summed E-state index contributed by atoms with van der Waals surface area (Å²) in [6.45, 7) is 7.37. The molecular weight excluding hydrogens is 164 g/mol. The van der Waals surface area contributed by atoms with E-state index < -0.39 is 0 Å². The van der Waals surface area contributed by atoms with E-state index in [1.165, 1.54) is 0 Å². The van der Waals surface area contributed by atoms with Crippen LogP contribution < -0.4 is 11.1 Å². The predicted octanol–water partition coefficient (Wildman–Crippen LogP) is 1.13. The molecule has 1 amide bonds. The molecule has 0 saturated carbocycles. The summed E-state index contributed by atoms with van der Waals surface area (Å²) in [5.41, 5.74) is 5.60. The molecule has 0 saturated heterocycles. The van der Waals surface area contributed by atoms with E-state index in [4.69, 9.17) is 5.73 Å². The van der Waals surface area contributed by atoms with Crippen molar-refractivity contribution in [3.63, 3.8) is 0 Å². The van der Waals surface area contributed by atoms with Crippen molar-refractivity contribution in [3.05, 3.63) is 0 Å². The van der Waals surface area contributed by atoms with Gasteiger partial charge in [-0.3, -0.25) is 4.79 Å². The third-order valence-electron chi connectivity index (χ3n) is 2.35. The first-order chi connectivity index (χ1) is 6.10. The Morgan fingerprint density at radius 2 is 2.15 bits per heavy atom. The predicted molar refractivity (Wildman–Crippen MR) is 55.3 cm³/mol. The van der Waals surface area contributed by atoms with Crippen molar-refractivity contribution in [1.29, 1.82) is 0 Å². The third-order valence-corrected chi connectivity index (χ3v) is 2.35. The van der Waals surface area contributed by atoms with E-state index in [9.17, 15) is 4.79 Å². The molecule has 0 aliphatic carbocycles. The maximum Gasteiger partial charge on any atom is 0.216 e. The van der Waals surface area contributed by atoms with Crippen LogP contribution in [0.4, 0.5) is 0 Å². The zero-order chi connectivity index (χ0) is 10.3. The second-order valence-corrected chi connectivity index (χ2v) is 3.79. The molecule has 0 aromatic rings. The Bertz CT molecular complexity index is 144. The van der Waals surface area contributed by atoms with Gasteiger partial charge in [-0.15, -0.1) is 0 Å². The fourth-order valence-electron chi connectivity index (χ4n) is 1.40. The Labute approximate surface area is 81.1 Å². The number of rotatable bonds is 6. The average molecular weight is 186 g/mol. The standard InChI is InChI=1S/C10H22N2O/c1-4-10(6-11)5-8(2)7-12-9(3)13/h8,10H,4-7,11H2,1-3H3,(H,12,13). The van der Waals surface area contributed by atoms with Gasteiger partial charge in [0.2, 0.25) is 5.91 Å². The minimum absolute atomic E-state index is 0.0487. The van der Waals surface area contributed by atoms with Gasteiger partial charge in [0, 0.05) is 13.5 Å². The van der Waals surface area contributed by atoms with Gasteiger partial charge in [-0.1, -0.05) is 20.3 Å². The maximum atomic E-state index is 10.6. The lowest BCUT2D eigenvalue weighted by molar-refractivity contribution is -0.119. The minimum Gasteiger partial charge on any atom is -0.356 e. The third kappa shape index (κ3) is 6.58. The molecule has 3 N–H and O–H groups in total. The first-order valence-electron chi connectivity index (χ1n) is 5.04. The number of nitrogens with one attached hydrogen (secondary N) is 1. The average Bonchev–Trinajstić information content (AvgIpc) is 2.10. The molecule has 0 fully saturated rings. The summed E-state index contributed by atoms with van der Waals surface area (Å²) in [6, 6.07) is 0. The Morgan fingerprint density at radius 3 is 2.54 bits per heavy atom. The summed E-state index contributed by atoms with van der Waals surface area (Å²) in [5, 5.41) is 2.82. The van der Waals surface area contributed by atoms with Gasteiger partial charge < -0.3 is 11.1 Å². The molecular formula is C10H22N2O. The number of nitrogens with two attached hydrogens (primary N) is 1. The summed E-state index contributed by atoms with van der Waals surface area (Å²) in [5.74, 6) is 1.17.